The Labute approximate surface area is 253 Å². The van der Waals surface area contributed by atoms with Crippen molar-refractivity contribution in [2.45, 2.75) is 25.5 Å². The third kappa shape index (κ3) is 8.19. The number of nitrogens with zero attached hydrogens (tertiary/aromatic N) is 1. The fourth-order valence-corrected chi connectivity index (χ4v) is 5.16. The zero-order chi connectivity index (χ0) is 29.9. The summed E-state index contributed by atoms with van der Waals surface area (Å²) >= 11 is 0. The second-order valence-corrected chi connectivity index (χ2v) is 10.6. The van der Waals surface area contributed by atoms with Gasteiger partial charge in [-0.25, -0.2) is 0 Å². The fourth-order valence-electron chi connectivity index (χ4n) is 5.16. The monoisotopic (exact) mass is 566 g/mol. The third-order valence-electron chi connectivity index (χ3n) is 7.56. The van der Waals surface area contributed by atoms with Crippen molar-refractivity contribution in [1.29, 1.82) is 5.26 Å². The highest BCUT2D eigenvalue weighted by atomic mass is 16.5. The van der Waals surface area contributed by atoms with Gasteiger partial charge in [0.15, 0.2) is 0 Å². The molecular weight excluding hydrogens is 532 g/mol. The predicted molar refractivity (Wildman–Crippen MR) is 169 cm³/mol. The van der Waals surface area contributed by atoms with Crippen LogP contribution in [0.25, 0.3) is 11.1 Å². The topological polar surface area (TPSA) is 82.4 Å². The lowest BCUT2D eigenvalue weighted by molar-refractivity contribution is 0.0903. The van der Waals surface area contributed by atoms with Gasteiger partial charge in [0.25, 0.3) is 5.91 Å². The zero-order valence-electron chi connectivity index (χ0n) is 23.9. The molecule has 0 bridgehead atoms. The number of hydrogen-bond acceptors (Lipinski definition) is 4. The van der Waals surface area contributed by atoms with E-state index in [4.69, 9.17) is 4.74 Å². The molecular formula is C38H34N2O3. The molecule has 2 N–H and O–H groups in total. The summed E-state index contributed by atoms with van der Waals surface area (Å²) in [5.41, 5.74) is 6.29. The van der Waals surface area contributed by atoms with Gasteiger partial charge in [-0.2, -0.15) is 5.26 Å². The average molecular weight is 567 g/mol. The summed E-state index contributed by atoms with van der Waals surface area (Å²) in [6.07, 6.45) is 1.11. The van der Waals surface area contributed by atoms with Gasteiger partial charge in [0, 0.05) is 24.1 Å². The summed E-state index contributed by atoms with van der Waals surface area (Å²) in [6, 6.07) is 44.7. The highest BCUT2D eigenvalue weighted by Crippen LogP contribution is 2.24. The molecule has 0 aliphatic rings. The van der Waals surface area contributed by atoms with Crippen molar-refractivity contribution in [2.24, 2.45) is 5.92 Å². The van der Waals surface area contributed by atoms with E-state index in [0.29, 0.717) is 30.6 Å². The van der Waals surface area contributed by atoms with E-state index in [1.807, 2.05) is 127 Å². The maximum Gasteiger partial charge on any atom is 0.251 e. The van der Waals surface area contributed by atoms with E-state index in [1.54, 1.807) is 6.07 Å². The number of ether oxygens (including phenoxy) is 1. The summed E-state index contributed by atoms with van der Waals surface area (Å²) < 4.78 is 5.91. The number of aliphatic hydroxyl groups is 1. The van der Waals surface area contributed by atoms with E-state index < -0.39 is 0 Å². The van der Waals surface area contributed by atoms with Crippen molar-refractivity contribution in [1.82, 2.24) is 5.32 Å². The maximum atomic E-state index is 13.4. The highest BCUT2D eigenvalue weighted by molar-refractivity contribution is 5.95. The number of carbonyl (C=O) groups is 1. The van der Waals surface area contributed by atoms with Gasteiger partial charge in [0.2, 0.25) is 0 Å². The number of carbonyl (C=O) groups excluding carboxylic acids is 1. The van der Waals surface area contributed by atoms with Crippen molar-refractivity contribution < 1.29 is 14.6 Å². The number of nitrogens with one attached hydrogen (secondary N) is 1. The van der Waals surface area contributed by atoms with Gasteiger partial charge in [-0.1, -0.05) is 97.1 Å². The Bertz CT molecular complexity index is 1640. The normalized spacial score (nSPS) is 12.1. The lowest BCUT2D eigenvalue weighted by atomic mass is 9.88. The van der Waals surface area contributed by atoms with Crippen molar-refractivity contribution in [2.75, 3.05) is 6.61 Å². The van der Waals surface area contributed by atoms with Gasteiger partial charge < -0.3 is 15.2 Å². The van der Waals surface area contributed by atoms with E-state index in [0.717, 1.165) is 33.6 Å². The smallest absolute Gasteiger partial charge is 0.251 e. The summed E-state index contributed by atoms with van der Waals surface area (Å²) in [6.45, 7) is 0.414. The Kier molecular flexibility index (Phi) is 9.98. The summed E-state index contributed by atoms with van der Waals surface area (Å²) in [5.74, 6) is 0.368. The zero-order valence-corrected chi connectivity index (χ0v) is 23.9. The molecule has 43 heavy (non-hydrogen) atoms. The molecule has 0 spiro atoms. The van der Waals surface area contributed by atoms with Crippen molar-refractivity contribution in [3.8, 4) is 22.9 Å². The molecule has 0 saturated heterocycles. The second-order valence-electron chi connectivity index (χ2n) is 10.6. The van der Waals surface area contributed by atoms with Crippen LogP contribution in [0.3, 0.4) is 0 Å². The first-order chi connectivity index (χ1) is 21.1. The van der Waals surface area contributed by atoms with Gasteiger partial charge in [-0.05, 0) is 77.1 Å². The van der Waals surface area contributed by atoms with Gasteiger partial charge in [0.1, 0.15) is 12.4 Å². The number of amides is 1. The van der Waals surface area contributed by atoms with Crippen LogP contribution in [0.5, 0.6) is 5.75 Å². The second kappa shape index (κ2) is 14.6. The van der Waals surface area contributed by atoms with Gasteiger partial charge in [0.05, 0.1) is 11.6 Å². The molecule has 0 aromatic heterocycles. The minimum Gasteiger partial charge on any atom is -0.489 e. The largest absolute Gasteiger partial charge is 0.489 e. The Hall–Kier alpha value is -5.18. The predicted octanol–water partition coefficient (Wildman–Crippen LogP) is 7.00. The van der Waals surface area contributed by atoms with Crippen LogP contribution in [-0.4, -0.2) is 23.7 Å². The van der Waals surface area contributed by atoms with Crippen LogP contribution >= 0.6 is 0 Å². The molecule has 0 saturated carbocycles. The molecule has 0 aliphatic carbocycles. The summed E-state index contributed by atoms with van der Waals surface area (Å²) in [4.78, 5) is 13.4. The minimum atomic E-state index is -0.311. The molecule has 5 aromatic carbocycles. The lowest BCUT2D eigenvalue weighted by Crippen LogP contribution is -2.44. The summed E-state index contributed by atoms with van der Waals surface area (Å²) in [7, 11) is 0. The van der Waals surface area contributed by atoms with Crippen LogP contribution in [0, 0.1) is 17.2 Å². The molecule has 0 aliphatic heterocycles. The van der Waals surface area contributed by atoms with Crippen LogP contribution in [0.15, 0.2) is 133 Å². The van der Waals surface area contributed by atoms with E-state index >= 15 is 0 Å². The summed E-state index contributed by atoms with van der Waals surface area (Å²) in [5, 5.41) is 22.9. The molecule has 1 amide bonds. The molecule has 0 heterocycles. The van der Waals surface area contributed by atoms with Crippen LogP contribution in [0.1, 0.15) is 32.6 Å². The molecule has 5 nitrogen and oxygen atoms in total. The molecule has 5 rings (SSSR count). The first-order valence-electron chi connectivity index (χ1n) is 14.4. The van der Waals surface area contributed by atoms with Crippen LogP contribution in [-0.2, 0) is 19.4 Å². The maximum absolute atomic E-state index is 13.4. The van der Waals surface area contributed by atoms with Crippen molar-refractivity contribution in [3.05, 3.63) is 161 Å². The Morgan fingerprint density at radius 3 is 1.95 bits per heavy atom. The van der Waals surface area contributed by atoms with Crippen molar-refractivity contribution >= 4 is 5.91 Å². The first-order valence-corrected chi connectivity index (χ1v) is 14.4. The molecule has 5 heteroatoms. The van der Waals surface area contributed by atoms with Crippen LogP contribution in [0.4, 0.5) is 0 Å². The van der Waals surface area contributed by atoms with Crippen LogP contribution in [0.2, 0.25) is 0 Å². The van der Waals surface area contributed by atoms with Gasteiger partial charge in [-0.3, -0.25) is 4.79 Å². The highest BCUT2D eigenvalue weighted by Gasteiger charge is 2.24. The van der Waals surface area contributed by atoms with Gasteiger partial charge in [-0.15, -0.1) is 0 Å². The Balaban J connectivity index is 1.27. The average Bonchev–Trinajstić information content (AvgIpc) is 3.07. The SMILES string of the molecule is N#Cc1cccc(CC(CO)C(Cc2ccccc2)NC(=O)c2ccc(-c3ccc(OCc4ccccc4)cc3)cc2)c1. The minimum absolute atomic E-state index is 0.0987. The molecule has 0 radical (unpaired) electrons. The molecule has 2 unspecified atom stereocenters. The quantitative estimate of drug-likeness (QED) is 0.170. The third-order valence-corrected chi connectivity index (χ3v) is 7.56. The number of aliphatic hydroxyl groups excluding tert-OH is 1. The first kappa shape index (κ1) is 29.3. The Morgan fingerprint density at radius 1 is 0.721 bits per heavy atom. The van der Waals surface area contributed by atoms with E-state index in [9.17, 15) is 15.2 Å². The van der Waals surface area contributed by atoms with Crippen LogP contribution < -0.4 is 10.1 Å². The lowest BCUT2D eigenvalue weighted by Gasteiger charge is -2.27. The number of benzene rings is 5. The van der Waals surface area contributed by atoms with Crippen molar-refractivity contribution in [3.63, 3.8) is 0 Å². The number of rotatable bonds is 12. The number of nitriles is 1. The van der Waals surface area contributed by atoms with Gasteiger partial charge >= 0.3 is 0 Å². The fraction of sp³-hybridized carbons (Fsp3) is 0.158. The molecule has 5 aromatic rings. The van der Waals surface area contributed by atoms with E-state index in [1.165, 1.54) is 0 Å². The molecule has 214 valence electrons. The molecule has 2 atom stereocenters. The van der Waals surface area contributed by atoms with E-state index in [-0.39, 0.29) is 24.5 Å². The van der Waals surface area contributed by atoms with E-state index in [2.05, 4.69) is 11.4 Å². The standard InChI is InChI=1S/C38H34N2O3/c39-25-31-13-7-12-30(22-31)23-35(26-41)37(24-28-8-3-1-4-9-28)40-38(42)34-16-14-32(15-17-34)33-18-20-36(21-19-33)43-27-29-10-5-2-6-11-29/h1-22,35,37,41H,23-24,26-27H2,(H,40,42). The Morgan fingerprint density at radius 2 is 1.33 bits per heavy atom. The molecule has 0 fully saturated rings. The number of hydrogen-bond donors (Lipinski definition) is 2.